The van der Waals surface area contributed by atoms with Gasteiger partial charge in [-0.2, -0.15) is 0 Å². The van der Waals surface area contributed by atoms with Crippen molar-refractivity contribution in [2.75, 3.05) is 0 Å². The number of rotatable bonds is 3. The van der Waals surface area contributed by atoms with Crippen LogP contribution >= 0.6 is 16.3 Å². The molecule has 2 N–H and O–H groups in total. The van der Waals surface area contributed by atoms with Gasteiger partial charge < -0.3 is 14.3 Å². The van der Waals surface area contributed by atoms with E-state index in [1.807, 2.05) is 0 Å². The average molecular weight is 186 g/mol. The molecule has 10 heavy (non-hydrogen) atoms. The zero-order chi connectivity index (χ0) is 7.83. The van der Waals surface area contributed by atoms with Crippen LogP contribution in [0.5, 0.6) is 0 Å². The highest BCUT2D eigenvalue weighted by Crippen LogP contribution is 2.66. The SMILES string of the molecule is O=[PH2]OC1(P(=O)(O)O)CC1. The van der Waals surface area contributed by atoms with E-state index in [1.54, 1.807) is 0 Å². The first-order valence-electron chi connectivity index (χ1n) is 2.69. The van der Waals surface area contributed by atoms with Gasteiger partial charge in [0.15, 0.2) is 14.0 Å². The van der Waals surface area contributed by atoms with Gasteiger partial charge in [0.25, 0.3) is 0 Å². The molecule has 0 amide bonds. The van der Waals surface area contributed by atoms with Crippen LogP contribution < -0.4 is 0 Å². The van der Waals surface area contributed by atoms with E-state index in [0.29, 0.717) is 12.8 Å². The van der Waals surface area contributed by atoms with Gasteiger partial charge >= 0.3 is 7.60 Å². The minimum atomic E-state index is -4.18. The molecule has 1 unspecified atom stereocenters. The quantitative estimate of drug-likeness (QED) is 0.621. The summed E-state index contributed by atoms with van der Waals surface area (Å²) in [6.07, 6.45) is 0.624. The van der Waals surface area contributed by atoms with Crippen molar-refractivity contribution in [2.24, 2.45) is 0 Å². The largest absolute Gasteiger partial charge is 0.357 e. The molecule has 1 atom stereocenters. The minimum absolute atomic E-state index is 0.312. The molecular weight excluding hydrogens is 178 g/mol. The molecule has 7 heteroatoms. The minimum Gasteiger partial charge on any atom is -0.322 e. The molecule has 1 fully saturated rings. The molecule has 1 aliphatic rings. The second kappa shape index (κ2) is 2.43. The van der Waals surface area contributed by atoms with E-state index in [-0.39, 0.29) is 0 Å². The number of hydrogen-bond acceptors (Lipinski definition) is 3. The Bertz CT molecular complexity index is 191. The summed E-state index contributed by atoms with van der Waals surface area (Å²) in [5, 5.41) is -1.37. The predicted octanol–water partition coefficient (Wildman–Crippen LogP) is 0.342. The monoisotopic (exact) mass is 186 g/mol. The van der Waals surface area contributed by atoms with Gasteiger partial charge in [-0.1, -0.05) is 0 Å². The van der Waals surface area contributed by atoms with Crippen LogP contribution in [-0.2, 0) is 13.7 Å². The molecule has 0 spiro atoms. The van der Waals surface area contributed by atoms with E-state index >= 15 is 0 Å². The van der Waals surface area contributed by atoms with E-state index < -0.39 is 21.6 Å². The van der Waals surface area contributed by atoms with Crippen molar-refractivity contribution in [3.05, 3.63) is 0 Å². The molecule has 0 aromatic carbocycles. The Balaban J connectivity index is 2.69. The molecular formula is C3H8O5P2. The standard InChI is InChI=1S/C3H8O5P2/c4-9-8-3(1-2-3)10(5,6)7/h1-2,9H2,(H2,5,6,7). The lowest BCUT2D eigenvalue weighted by Gasteiger charge is -2.12. The van der Waals surface area contributed by atoms with Crippen LogP contribution in [-0.4, -0.2) is 15.1 Å². The lowest BCUT2D eigenvalue weighted by Crippen LogP contribution is -2.08. The topological polar surface area (TPSA) is 83.8 Å². The van der Waals surface area contributed by atoms with Crippen LogP contribution in [0.15, 0.2) is 0 Å². The van der Waals surface area contributed by atoms with Crippen LogP contribution in [0.4, 0.5) is 0 Å². The highest BCUT2D eigenvalue weighted by atomic mass is 31.2. The van der Waals surface area contributed by atoms with Crippen molar-refractivity contribution in [2.45, 2.75) is 18.2 Å². The normalized spacial score (nSPS) is 23.8. The first-order valence-corrected chi connectivity index (χ1v) is 5.24. The summed E-state index contributed by atoms with van der Waals surface area (Å²) in [6.45, 7) is 0. The van der Waals surface area contributed by atoms with Gasteiger partial charge in [-0.3, -0.25) is 9.13 Å². The highest BCUT2D eigenvalue weighted by molar-refractivity contribution is 7.54. The van der Waals surface area contributed by atoms with E-state index in [4.69, 9.17) is 9.79 Å². The molecule has 0 aromatic heterocycles. The summed E-state index contributed by atoms with van der Waals surface area (Å²) in [6, 6.07) is 0. The van der Waals surface area contributed by atoms with E-state index in [2.05, 4.69) is 4.52 Å². The van der Waals surface area contributed by atoms with Gasteiger partial charge in [0.05, 0.1) is 0 Å². The fourth-order valence-electron chi connectivity index (χ4n) is 0.674. The van der Waals surface area contributed by atoms with Crippen molar-refractivity contribution >= 4 is 16.3 Å². The van der Waals surface area contributed by atoms with Gasteiger partial charge in [0, 0.05) is 0 Å². The lowest BCUT2D eigenvalue weighted by atomic mass is 10.8. The molecule has 0 bridgehead atoms. The summed E-state index contributed by atoms with van der Waals surface area (Å²) in [5.41, 5.74) is 0. The van der Waals surface area contributed by atoms with Crippen molar-refractivity contribution in [3.63, 3.8) is 0 Å². The third kappa shape index (κ3) is 1.34. The Morgan fingerprint density at radius 1 is 1.50 bits per heavy atom. The fraction of sp³-hybridized carbons (Fsp3) is 1.00. The van der Waals surface area contributed by atoms with Gasteiger partial charge in [0.1, 0.15) is 0 Å². The van der Waals surface area contributed by atoms with Crippen molar-refractivity contribution in [1.82, 2.24) is 0 Å². The Morgan fingerprint density at radius 3 is 2.10 bits per heavy atom. The summed E-state index contributed by atoms with van der Waals surface area (Å²) >= 11 is 0. The molecule has 1 aliphatic carbocycles. The molecule has 0 saturated heterocycles. The van der Waals surface area contributed by atoms with Gasteiger partial charge in [0.2, 0.25) is 0 Å². The summed E-state index contributed by atoms with van der Waals surface area (Å²) < 4.78 is 25.0. The van der Waals surface area contributed by atoms with Crippen LogP contribution in [0.2, 0.25) is 0 Å². The molecule has 5 nitrogen and oxygen atoms in total. The second-order valence-electron chi connectivity index (χ2n) is 2.20. The maximum Gasteiger partial charge on any atom is 0.357 e. The van der Waals surface area contributed by atoms with Crippen molar-refractivity contribution in [1.29, 1.82) is 0 Å². The van der Waals surface area contributed by atoms with Crippen LogP contribution in [0.3, 0.4) is 0 Å². The maximum absolute atomic E-state index is 10.5. The van der Waals surface area contributed by atoms with Gasteiger partial charge in [-0.25, -0.2) is 0 Å². The van der Waals surface area contributed by atoms with E-state index in [9.17, 15) is 9.13 Å². The fourth-order valence-corrected chi connectivity index (χ4v) is 2.46. The Hall–Kier alpha value is 0.340. The molecule has 60 valence electrons. The highest BCUT2D eigenvalue weighted by Gasteiger charge is 2.58. The van der Waals surface area contributed by atoms with E-state index in [1.165, 1.54) is 0 Å². The summed E-state index contributed by atoms with van der Waals surface area (Å²) in [7, 11) is -5.70. The van der Waals surface area contributed by atoms with Gasteiger partial charge in [-0.15, -0.1) is 0 Å². The van der Waals surface area contributed by atoms with Crippen LogP contribution in [0, 0.1) is 0 Å². The zero-order valence-corrected chi connectivity index (χ0v) is 7.11. The first kappa shape index (κ1) is 8.44. The Kier molecular flexibility index (Phi) is 2.05. The average Bonchev–Trinajstić information content (AvgIpc) is 2.45. The maximum atomic E-state index is 10.5. The first-order chi connectivity index (χ1) is 4.52. The molecule has 1 rings (SSSR count). The lowest BCUT2D eigenvalue weighted by molar-refractivity contribution is 0.223. The third-order valence-electron chi connectivity index (χ3n) is 1.48. The van der Waals surface area contributed by atoms with Crippen LogP contribution in [0.1, 0.15) is 12.8 Å². The predicted molar refractivity (Wildman–Crippen MR) is 35.5 cm³/mol. The molecule has 0 heterocycles. The zero-order valence-electron chi connectivity index (χ0n) is 5.06. The molecule has 0 aliphatic heterocycles. The van der Waals surface area contributed by atoms with Crippen LogP contribution in [0.25, 0.3) is 0 Å². The molecule has 1 saturated carbocycles. The Morgan fingerprint density at radius 2 is 2.00 bits per heavy atom. The van der Waals surface area contributed by atoms with E-state index in [0.717, 1.165) is 0 Å². The second-order valence-corrected chi connectivity index (χ2v) is 4.54. The van der Waals surface area contributed by atoms with Crippen molar-refractivity contribution in [3.8, 4) is 0 Å². The third-order valence-corrected chi connectivity index (χ3v) is 3.84. The number of hydrogen-bond donors (Lipinski definition) is 2. The summed E-state index contributed by atoms with van der Waals surface area (Å²) in [5.74, 6) is 0. The van der Waals surface area contributed by atoms with Gasteiger partial charge in [-0.05, 0) is 12.8 Å². The molecule has 0 aromatic rings. The smallest absolute Gasteiger partial charge is 0.322 e. The summed E-state index contributed by atoms with van der Waals surface area (Å²) in [4.78, 5) is 17.2. The Labute approximate surface area is 58.8 Å². The molecule has 0 radical (unpaired) electrons. The van der Waals surface area contributed by atoms with Crippen molar-refractivity contribution < 1.29 is 23.4 Å².